The lowest BCUT2D eigenvalue weighted by molar-refractivity contribution is 1.18. The van der Waals surface area contributed by atoms with Crippen LogP contribution >= 0.6 is 0 Å². The number of benzene rings is 7. The molecule has 7 aromatic carbocycles. The molecule has 0 unspecified atom stereocenters. The van der Waals surface area contributed by atoms with E-state index in [9.17, 15) is 0 Å². The van der Waals surface area contributed by atoms with Crippen LogP contribution in [0.3, 0.4) is 0 Å². The normalized spacial score (nSPS) is 12.1. The molecule has 204 valence electrons. The largest absolute Gasteiger partial charge is 0.309 e. The van der Waals surface area contributed by atoms with Crippen LogP contribution in [0.25, 0.3) is 87.6 Å². The second kappa shape index (κ2) is 8.76. The zero-order valence-electron chi connectivity index (χ0n) is 23.6. The van der Waals surface area contributed by atoms with Crippen LogP contribution in [0.1, 0.15) is 0 Å². The average Bonchev–Trinajstić information content (AvgIpc) is 3.61. The molecular weight excluding hydrogens is 536 g/mol. The molecule has 0 aliphatic rings. The van der Waals surface area contributed by atoms with Gasteiger partial charge in [-0.15, -0.1) is 0 Å². The molecule has 0 aliphatic heterocycles. The van der Waals surface area contributed by atoms with E-state index in [-0.39, 0.29) is 0 Å². The van der Waals surface area contributed by atoms with E-state index in [0.29, 0.717) is 0 Å². The molecule has 0 aliphatic carbocycles. The topological polar surface area (TPSA) is 35.6 Å². The van der Waals surface area contributed by atoms with Gasteiger partial charge in [0.05, 0.1) is 33.1 Å². The van der Waals surface area contributed by atoms with Gasteiger partial charge in [0.1, 0.15) is 0 Å². The quantitative estimate of drug-likeness (QED) is 0.197. The van der Waals surface area contributed by atoms with Crippen LogP contribution in [-0.2, 0) is 0 Å². The van der Waals surface area contributed by atoms with Crippen molar-refractivity contribution in [3.05, 3.63) is 146 Å². The van der Waals surface area contributed by atoms with Crippen molar-refractivity contribution < 1.29 is 0 Å². The number of nitrogens with zero attached hydrogens (tertiary/aromatic N) is 4. The van der Waals surface area contributed by atoms with Crippen LogP contribution < -0.4 is 0 Å². The molecule has 10 rings (SSSR count). The van der Waals surface area contributed by atoms with Crippen molar-refractivity contribution >= 4 is 76.2 Å². The molecule has 0 amide bonds. The van der Waals surface area contributed by atoms with Crippen molar-refractivity contribution in [1.29, 1.82) is 0 Å². The standard InChI is InChI=1S/C40H24N4/c1-3-11-25(12-4-1)43-34-17-9-8-16-28(34)31-23-32-33(24-36(31)43)39-38(41-21-22-42-39)30-20-19-29-27-15-7-10-18-35(27)44(40(29)37(30)32)26-13-5-2-6-14-26/h1-24H. The molecule has 4 nitrogen and oxygen atoms in total. The Hall–Kier alpha value is -6.00. The van der Waals surface area contributed by atoms with Crippen molar-refractivity contribution in [2.45, 2.75) is 0 Å². The Morgan fingerprint density at radius 1 is 0.364 bits per heavy atom. The Kier molecular flexibility index (Phi) is 4.69. The number of aromatic nitrogens is 4. The number of hydrogen-bond acceptors (Lipinski definition) is 2. The summed E-state index contributed by atoms with van der Waals surface area (Å²) in [5.41, 5.74) is 8.85. The zero-order valence-corrected chi connectivity index (χ0v) is 23.6. The average molecular weight is 561 g/mol. The van der Waals surface area contributed by atoms with E-state index < -0.39 is 0 Å². The molecule has 4 heteroatoms. The van der Waals surface area contributed by atoms with Crippen LogP contribution in [0.4, 0.5) is 0 Å². The van der Waals surface area contributed by atoms with Crippen molar-refractivity contribution in [2.24, 2.45) is 0 Å². The van der Waals surface area contributed by atoms with E-state index in [1.807, 2.05) is 12.4 Å². The SMILES string of the molecule is c1ccc(-n2c3ccccc3c3cc4c(cc32)c2nccnc2c2ccc3c5ccccc5n(-c5ccccc5)c3c42)cc1. The highest BCUT2D eigenvalue weighted by Gasteiger charge is 2.21. The highest BCUT2D eigenvalue weighted by molar-refractivity contribution is 6.34. The summed E-state index contributed by atoms with van der Waals surface area (Å²) >= 11 is 0. The smallest absolute Gasteiger partial charge is 0.0972 e. The van der Waals surface area contributed by atoms with E-state index in [0.717, 1.165) is 38.7 Å². The highest BCUT2D eigenvalue weighted by atomic mass is 15.0. The summed E-state index contributed by atoms with van der Waals surface area (Å²) in [4.78, 5) is 9.89. The Labute approximate surface area is 252 Å². The number of fused-ring (bicyclic) bond motifs is 13. The fourth-order valence-corrected chi connectivity index (χ4v) is 7.38. The first-order valence-corrected chi connectivity index (χ1v) is 14.9. The van der Waals surface area contributed by atoms with Crippen LogP contribution in [0.5, 0.6) is 0 Å². The molecular formula is C40H24N4. The van der Waals surface area contributed by atoms with Gasteiger partial charge in [-0.3, -0.25) is 9.97 Å². The predicted octanol–water partition coefficient (Wildman–Crippen LogP) is 10.1. The molecule has 44 heavy (non-hydrogen) atoms. The third-order valence-electron chi connectivity index (χ3n) is 9.16. The minimum Gasteiger partial charge on any atom is -0.309 e. The lowest BCUT2D eigenvalue weighted by Gasteiger charge is -2.14. The molecule has 0 fully saturated rings. The summed E-state index contributed by atoms with van der Waals surface area (Å²) in [7, 11) is 0. The van der Waals surface area contributed by atoms with Crippen molar-refractivity contribution in [3.63, 3.8) is 0 Å². The molecule has 0 atom stereocenters. The fourth-order valence-electron chi connectivity index (χ4n) is 7.38. The van der Waals surface area contributed by atoms with Gasteiger partial charge in [-0.05, 0) is 53.9 Å². The second-order valence-corrected chi connectivity index (χ2v) is 11.4. The van der Waals surface area contributed by atoms with E-state index >= 15 is 0 Å². The summed E-state index contributed by atoms with van der Waals surface area (Å²) in [5.74, 6) is 0. The molecule has 0 radical (unpaired) electrons. The highest BCUT2D eigenvalue weighted by Crippen LogP contribution is 2.44. The van der Waals surface area contributed by atoms with E-state index in [2.05, 4.69) is 143 Å². The van der Waals surface area contributed by atoms with Gasteiger partial charge in [0.15, 0.2) is 0 Å². The predicted molar refractivity (Wildman–Crippen MR) is 183 cm³/mol. The van der Waals surface area contributed by atoms with Crippen LogP contribution in [-0.4, -0.2) is 19.1 Å². The minimum absolute atomic E-state index is 0.920. The Morgan fingerprint density at radius 3 is 1.61 bits per heavy atom. The molecule has 0 bridgehead atoms. The van der Waals surface area contributed by atoms with E-state index in [4.69, 9.17) is 9.97 Å². The van der Waals surface area contributed by atoms with Gasteiger partial charge in [-0.2, -0.15) is 0 Å². The van der Waals surface area contributed by atoms with Crippen molar-refractivity contribution in [2.75, 3.05) is 0 Å². The Bertz CT molecular complexity index is 2740. The summed E-state index contributed by atoms with van der Waals surface area (Å²) < 4.78 is 4.80. The summed E-state index contributed by atoms with van der Waals surface area (Å²) in [5, 5.41) is 9.52. The van der Waals surface area contributed by atoms with E-state index in [1.165, 1.54) is 48.9 Å². The Balaban J connectivity index is 1.50. The molecule has 0 saturated heterocycles. The van der Waals surface area contributed by atoms with E-state index in [1.54, 1.807) is 0 Å². The number of para-hydroxylation sites is 4. The fraction of sp³-hybridized carbons (Fsp3) is 0. The first-order chi connectivity index (χ1) is 21.9. The van der Waals surface area contributed by atoms with Gasteiger partial charge in [-0.1, -0.05) is 84.9 Å². The van der Waals surface area contributed by atoms with Gasteiger partial charge >= 0.3 is 0 Å². The van der Waals surface area contributed by atoms with Gasteiger partial charge in [0.25, 0.3) is 0 Å². The molecule has 0 saturated carbocycles. The molecule has 0 N–H and O–H groups in total. The molecule has 3 heterocycles. The summed E-state index contributed by atoms with van der Waals surface area (Å²) in [6, 6.07) is 48.0. The maximum atomic E-state index is 4.95. The lowest BCUT2D eigenvalue weighted by atomic mass is 9.95. The van der Waals surface area contributed by atoms with Crippen molar-refractivity contribution in [3.8, 4) is 11.4 Å². The summed E-state index contributed by atoms with van der Waals surface area (Å²) in [6.07, 6.45) is 3.62. The molecule has 0 spiro atoms. The van der Waals surface area contributed by atoms with Crippen LogP contribution in [0.2, 0.25) is 0 Å². The molecule has 3 aromatic heterocycles. The zero-order chi connectivity index (χ0) is 28.8. The van der Waals surface area contributed by atoms with Gasteiger partial charge in [0.2, 0.25) is 0 Å². The van der Waals surface area contributed by atoms with Gasteiger partial charge < -0.3 is 9.13 Å². The third-order valence-corrected chi connectivity index (χ3v) is 9.16. The lowest BCUT2D eigenvalue weighted by Crippen LogP contribution is -1.96. The van der Waals surface area contributed by atoms with Crippen LogP contribution in [0.15, 0.2) is 146 Å². The first kappa shape index (κ1) is 23.6. The summed E-state index contributed by atoms with van der Waals surface area (Å²) in [6.45, 7) is 0. The maximum absolute atomic E-state index is 4.95. The maximum Gasteiger partial charge on any atom is 0.0972 e. The monoisotopic (exact) mass is 560 g/mol. The molecule has 10 aromatic rings. The number of rotatable bonds is 2. The van der Waals surface area contributed by atoms with Crippen molar-refractivity contribution in [1.82, 2.24) is 19.1 Å². The first-order valence-electron chi connectivity index (χ1n) is 14.9. The van der Waals surface area contributed by atoms with Gasteiger partial charge in [-0.25, -0.2) is 0 Å². The Morgan fingerprint density at radius 2 is 0.909 bits per heavy atom. The third kappa shape index (κ3) is 3.06. The van der Waals surface area contributed by atoms with Gasteiger partial charge in [0, 0.05) is 61.5 Å². The number of hydrogen-bond donors (Lipinski definition) is 0. The minimum atomic E-state index is 0.920. The second-order valence-electron chi connectivity index (χ2n) is 11.4. The van der Waals surface area contributed by atoms with Crippen LogP contribution in [0, 0.1) is 0 Å².